The molecule has 1 saturated heterocycles. The molecule has 4 nitrogen and oxygen atoms in total. The summed E-state index contributed by atoms with van der Waals surface area (Å²) in [5.74, 6) is 0.739. The summed E-state index contributed by atoms with van der Waals surface area (Å²) in [4.78, 5) is 10.6. The molecule has 1 fully saturated rings. The van der Waals surface area contributed by atoms with Crippen molar-refractivity contribution in [3.63, 3.8) is 0 Å². The summed E-state index contributed by atoms with van der Waals surface area (Å²) in [5.41, 5.74) is 1.89. The maximum absolute atomic E-state index is 7.82. The highest BCUT2D eigenvalue weighted by molar-refractivity contribution is 5.79. The van der Waals surface area contributed by atoms with E-state index in [-0.39, 0.29) is 0 Å². The van der Waals surface area contributed by atoms with E-state index in [2.05, 4.69) is 14.9 Å². The van der Waals surface area contributed by atoms with E-state index in [0.717, 1.165) is 43.2 Å². The number of likely N-dealkylation sites (tertiary alicyclic amines) is 1. The Hall–Kier alpha value is -1.45. The second-order valence-corrected chi connectivity index (χ2v) is 3.97. The van der Waals surface area contributed by atoms with Crippen LogP contribution in [0.3, 0.4) is 0 Å². The van der Waals surface area contributed by atoms with Gasteiger partial charge in [-0.2, -0.15) is 0 Å². The van der Waals surface area contributed by atoms with E-state index >= 15 is 0 Å². The van der Waals surface area contributed by atoms with Gasteiger partial charge in [0.1, 0.15) is 0 Å². The molecule has 0 saturated carbocycles. The quantitative estimate of drug-likeness (QED) is 0.798. The molecule has 0 aromatic carbocycles. The van der Waals surface area contributed by atoms with Crippen LogP contribution in [0.15, 0.2) is 12.4 Å². The van der Waals surface area contributed by atoms with Gasteiger partial charge in [0.2, 0.25) is 0 Å². The van der Waals surface area contributed by atoms with Crippen LogP contribution in [-0.2, 0) is 6.54 Å². The van der Waals surface area contributed by atoms with Gasteiger partial charge in [0, 0.05) is 19.2 Å². The van der Waals surface area contributed by atoms with E-state index in [1.807, 2.05) is 6.92 Å². The number of nitrogens with zero attached hydrogens (tertiary/aromatic N) is 3. The Labute approximate surface area is 89.9 Å². The third kappa shape index (κ3) is 2.52. The molecule has 1 aliphatic heterocycles. The number of hydrogen-bond donors (Lipinski definition) is 1. The molecule has 15 heavy (non-hydrogen) atoms. The summed E-state index contributed by atoms with van der Waals surface area (Å²) in [7, 11) is 0. The van der Waals surface area contributed by atoms with Gasteiger partial charge in [-0.05, 0) is 19.8 Å². The second kappa shape index (κ2) is 4.38. The maximum Gasteiger partial charge on any atom is 0.0961 e. The van der Waals surface area contributed by atoms with Crippen molar-refractivity contribution in [2.75, 3.05) is 6.54 Å². The van der Waals surface area contributed by atoms with Crippen LogP contribution in [0.5, 0.6) is 0 Å². The number of amidine groups is 1. The van der Waals surface area contributed by atoms with E-state index in [1.54, 1.807) is 12.4 Å². The number of piperidine rings is 1. The average Bonchev–Trinajstić information content (AvgIpc) is 2.25. The molecule has 1 N–H and O–H groups in total. The number of rotatable bonds is 2. The minimum absolute atomic E-state index is 0.728. The Bertz CT molecular complexity index is 344. The van der Waals surface area contributed by atoms with E-state index in [0.29, 0.717) is 0 Å². The Morgan fingerprint density at radius 3 is 2.87 bits per heavy atom. The average molecular weight is 204 g/mol. The molecule has 0 bridgehead atoms. The fourth-order valence-electron chi connectivity index (χ4n) is 1.76. The fraction of sp³-hybridized carbons (Fsp3) is 0.545. The lowest BCUT2D eigenvalue weighted by Gasteiger charge is -2.28. The van der Waals surface area contributed by atoms with E-state index in [4.69, 9.17) is 5.41 Å². The molecule has 1 aliphatic rings. The molecule has 0 aliphatic carbocycles. The number of aryl methyl sites for hydroxylation is 1. The first-order valence-corrected chi connectivity index (χ1v) is 5.35. The van der Waals surface area contributed by atoms with E-state index in [9.17, 15) is 0 Å². The Morgan fingerprint density at radius 2 is 2.20 bits per heavy atom. The molecule has 2 rings (SSSR count). The van der Waals surface area contributed by atoms with Gasteiger partial charge < -0.3 is 4.90 Å². The third-order valence-electron chi connectivity index (χ3n) is 2.66. The summed E-state index contributed by atoms with van der Waals surface area (Å²) >= 11 is 0. The molecule has 0 atom stereocenters. The van der Waals surface area contributed by atoms with E-state index in [1.165, 1.54) is 6.42 Å². The van der Waals surface area contributed by atoms with Gasteiger partial charge in [0.15, 0.2) is 0 Å². The first-order chi connectivity index (χ1) is 7.25. The van der Waals surface area contributed by atoms with Gasteiger partial charge in [-0.25, -0.2) is 0 Å². The first kappa shape index (κ1) is 10.1. The zero-order valence-electron chi connectivity index (χ0n) is 9.03. The Morgan fingerprint density at radius 1 is 1.33 bits per heavy atom. The largest absolute Gasteiger partial charge is 0.355 e. The van der Waals surface area contributed by atoms with Crippen LogP contribution in [0.4, 0.5) is 0 Å². The van der Waals surface area contributed by atoms with Crippen molar-refractivity contribution in [2.45, 2.75) is 32.7 Å². The molecule has 2 heterocycles. The highest BCUT2D eigenvalue weighted by Crippen LogP contribution is 2.13. The molecule has 0 unspecified atom stereocenters. The minimum atomic E-state index is 0.728. The standard InChI is InChI=1S/C11H16N4/c1-9-6-14-10(7-13-9)8-15-5-3-2-4-11(15)12/h6-7,12H,2-5,8H2,1H3. The van der Waals surface area contributed by atoms with E-state index < -0.39 is 0 Å². The van der Waals surface area contributed by atoms with Crippen molar-refractivity contribution in [3.8, 4) is 0 Å². The van der Waals surface area contributed by atoms with Crippen LogP contribution in [0.25, 0.3) is 0 Å². The second-order valence-electron chi connectivity index (χ2n) is 3.97. The predicted molar refractivity (Wildman–Crippen MR) is 58.8 cm³/mol. The van der Waals surface area contributed by atoms with Crippen molar-refractivity contribution >= 4 is 5.84 Å². The van der Waals surface area contributed by atoms with Crippen molar-refractivity contribution in [2.24, 2.45) is 0 Å². The summed E-state index contributed by atoms with van der Waals surface area (Å²) in [6.45, 7) is 3.64. The van der Waals surface area contributed by atoms with Crippen LogP contribution >= 0.6 is 0 Å². The van der Waals surface area contributed by atoms with Gasteiger partial charge in [0.05, 0.1) is 30.0 Å². The molecular weight excluding hydrogens is 188 g/mol. The topological polar surface area (TPSA) is 52.9 Å². The monoisotopic (exact) mass is 204 g/mol. The van der Waals surface area contributed by atoms with Crippen LogP contribution in [0.2, 0.25) is 0 Å². The highest BCUT2D eigenvalue weighted by atomic mass is 15.2. The molecule has 80 valence electrons. The molecule has 1 aromatic heterocycles. The van der Waals surface area contributed by atoms with Crippen molar-refractivity contribution in [3.05, 3.63) is 23.8 Å². The zero-order valence-corrected chi connectivity index (χ0v) is 9.03. The van der Waals surface area contributed by atoms with Crippen LogP contribution in [-0.4, -0.2) is 27.2 Å². The molecular formula is C11H16N4. The molecule has 0 spiro atoms. The third-order valence-corrected chi connectivity index (χ3v) is 2.66. The van der Waals surface area contributed by atoms with Crippen molar-refractivity contribution in [1.29, 1.82) is 5.41 Å². The lowest BCUT2D eigenvalue weighted by atomic mass is 10.1. The molecule has 0 radical (unpaired) electrons. The highest BCUT2D eigenvalue weighted by Gasteiger charge is 2.15. The summed E-state index contributed by atoms with van der Waals surface area (Å²) in [6, 6.07) is 0. The zero-order chi connectivity index (χ0) is 10.7. The number of aromatic nitrogens is 2. The Balaban J connectivity index is 2.01. The van der Waals surface area contributed by atoms with Crippen LogP contribution < -0.4 is 0 Å². The van der Waals surface area contributed by atoms with Gasteiger partial charge in [-0.15, -0.1) is 0 Å². The van der Waals surface area contributed by atoms with Gasteiger partial charge in [-0.1, -0.05) is 0 Å². The number of hydrogen-bond acceptors (Lipinski definition) is 3. The van der Waals surface area contributed by atoms with Gasteiger partial charge in [-0.3, -0.25) is 15.4 Å². The van der Waals surface area contributed by atoms with Crippen LogP contribution in [0, 0.1) is 12.3 Å². The fourth-order valence-corrected chi connectivity index (χ4v) is 1.76. The summed E-state index contributed by atoms with van der Waals surface area (Å²) in [5, 5.41) is 7.82. The van der Waals surface area contributed by atoms with Crippen LogP contribution in [0.1, 0.15) is 30.7 Å². The summed E-state index contributed by atoms with van der Waals surface area (Å²) in [6.07, 6.45) is 6.82. The lowest BCUT2D eigenvalue weighted by molar-refractivity contribution is 0.357. The maximum atomic E-state index is 7.82. The number of nitrogens with one attached hydrogen (secondary N) is 1. The normalized spacial score (nSPS) is 16.9. The van der Waals surface area contributed by atoms with Crippen molar-refractivity contribution < 1.29 is 0 Å². The SMILES string of the molecule is Cc1cnc(CN2CCCCC2=N)cn1. The van der Waals surface area contributed by atoms with Gasteiger partial charge in [0.25, 0.3) is 0 Å². The summed E-state index contributed by atoms with van der Waals surface area (Å²) < 4.78 is 0. The predicted octanol–water partition coefficient (Wildman–Crippen LogP) is 1.75. The molecule has 1 aromatic rings. The smallest absolute Gasteiger partial charge is 0.0961 e. The lowest BCUT2D eigenvalue weighted by Crippen LogP contribution is -2.34. The minimum Gasteiger partial charge on any atom is -0.355 e. The molecule has 0 amide bonds. The molecule has 4 heteroatoms. The van der Waals surface area contributed by atoms with Gasteiger partial charge >= 0.3 is 0 Å². The van der Waals surface area contributed by atoms with Crippen molar-refractivity contribution in [1.82, 2.24) is 14.9 Å². The Kier molecular flexibility index (Phi) is 2.94. The first-order valence-electron chi connectivity index (χ1n) is 5.35.